The predicted octanol–water partition coefficient (Wildman–Crippen LogP) is 6.61. The molecule has 8 nitrogen and oxygen atoms in total. The Morgan fingerprint density at radius 2 is 1.48 bits per heavy atom. The number of carbonyl (C=O) groups is 1. The number of hydrogen-bond acceptors (Lipinski definition) is 8. The van der Waals surface area contributed by atoms with Crippen LogP contribution in [0.4, 0.5) is 0 Å². The van der Waals surface area contributed by atoms with Crippen LogP contribution < -0.4 is 19.6 Å². The summed E-state index contributed by atoms with van der Waals surface area (Å²) in [5, 5.41) is 0.508. The van der Waals surface area contributed by atoms with E-state index in [1.807, 2.05) is 84.4 Å². The van der Waals surface area contributed by atoms with E-state index in [0.717, 1.165) is 49.2 Å². The van der Waals surface area contributed by atoms with Gasteiger partial charge in [-0.05, 0) is 61.5 Å². The highest BCUT2D eigenvalue weighted by molar-refractivity contribution is 7.22. The van der Waals surface area contributed by atoms with Crippen LogP contribution in [0.25, 0.3) is 20.7 Å². The summed E-state index contributed by atoms with van der Waals surface area (Å²) in [5.41, 5.74) is 3.41. The summed E-state index contributed by atoms with van der Waals surface area (Å²) in [5.74, 6) is 1.62. The molecule has 0 unspecified atom stereocenters. The second-order valence-electron chi connectivity index (χ2n) is 10.3. The number of pyridine rings is 1. The van der Waals surface area contributed by atoms with Crippen LogP contribution in [-0.2, 0) is 24.4 Å². The van der Waals surface area contributed by atoms with Crippen LogP contribution in [0, 0.1) is 0 Å². The molecule has 228 valence electrons. The quantitative estimate of drug-likeness (QED) is 0.147. The van der Waals surface area contributed by atoms with Crippen LogP contribution in [0.5, 0.6) is 17.2 Å². The number of nitrogens with zero attached hydrogens (tertiary/aromatic N) is 2. The number of aromatic nitrogens is 1. The molecule has 0 aliphatic heterocycles. The molecule has 9 heteroatoms. The molecule has 0 fully saturated rings. The number of carbonyl (C=O) groups excluding carboxylic acids is 1. The standard InChI is InChI=1S/C35H36N2O6S/c1-6-43-35(39)28-22-37(20-25-12-8-10-14-30(25)42-5)34-31(32(28)38)27(33(44-34)23-15-17-26(40-3)18-16-23)21-36(2)19-24-11-7-9-13-29(24)41-4/h7-18,22H,6,19-21H2,1-5H3. The summed E-state index contributed by atoms with van der Waals surface area (Å²) in [6.07, 6.45) is 1.62. The van der Waals surface area contributed by atoms with Gasteiger partial charge in [0.25, 0.3) is 0 Å². The largest absolute Gasteiger partial charge is 0.497 e. The third-order valence-electron chi connectivity index (χ3n) is 7.45. The van der Waals surface area contributed by atoms with Gasteiger partial charge in [0.05, 0.1) is 39.9 Å². The van der Waals surface area contributed by atoms with Crippen molar-refractivity contribution in [2.45, 2.75) is 26.6 Å². The van der Waals surface area contributed by atoms with Gasteiger partial charge in [-0.2, -0.15) is 0 Å². The van der Waals surface area contributed by atoms with E-state index in [4.69, 9.17) is 18.9 Å². The average Bonchev–Trinajstić information content (AvgIpc) is 3.42. The zero-order valence-corrected chi connectivity index (χ0v) is 26.4. The minimum Gasteiger partial charge on any atom is -0.497 e. The first kappa shape index (κ1) is 30.8. The van der Waals surface area contributed by atoms with Crippen LogP contribution >= 0.6 is 11.3 Å². The Hall–Kier alpha value is -4.60. The summed E-state index contributed by atoms with van der Waals surface area (Å²) in [6, 6.07) is 23.4. The molecule has 0 aliphatic rings. The van der Waals surface area contributed by atoms with Crippen molar-refractivity contribution in [3.05, 3.63) is 111 Å². The lowest BCUT2D eigenvalue weighted by Crippen LogP contribution is -2.23. The first-order valence-electron chi connectivity index (χ1n) is 14.3. The molecule has 0 atom stereocenters. The fourth-order valence-electron chi connectivity index (χ4n) is 5.36. The maximum atomic E-state index is 14.2. The Morgan fingerprint density at radius 1 is 0.841 bits per heavy atom. The van der Waals surface area contributed by atoms with Gasteiger partial charge in [-0.3, -0.25) is 9.69 Å². The van der Waals surface area contributed by atoms with Gasteiger partial charge >= 0.3 is 5.97 Å². The van der Waals surface area contributed by atoms with Crippen molar-refractivity contribution in [1.82, 2.24) is 9.47 Å². The van der Waals surface area contributed by atoms with Crippen molar-refractivity contribution in [2.75, 3.05) is 35.0 Å². The first-order chi connectivity index (χ1) is 21.4. The second kappa shape index (κ2) is 13.8. The van der Waals surface area contributed by atoms with Crippen LogP contribution in [0.3, 0.4) is 0 Å². The van der Waals surface area contributed by atoms with Gasteiger partial charge in [-0.1, -0.05) is 36.4 Å². The molecule has 0 N–H and O–H groups in total. The third-order valence-corrected chi connectivity index (χ3v) is 8.77. The van der Waals surface area contributed by atoms with Gasteiger partial charge in [0, 0.05) is 35.3 Å². The van der Waals surface area contributed by atoms with Gasteiger partial charge in [0.2, 0.25) is 5.43 Å². The van der Waals surface area contributed by atoms with Gasteiger partial charge in [0.1, 0.15) is 27.6 Å². The highest BCUT2D eigenvalue weighted by Gasteiger charge is 2.25. The number of esters is 1. The molecule has 0 saturated heterocycles. The molecule has 5 aromatic rings. The molecule has 0 aliphatic carbocycles. The van der Waals surface area contributed by atoms with Crippen molar-refractivity contribution in [3.63, 3.8) is 0 Å². The maximum Gasteiger partial charge on any atom is 0.343 e. The van der Waals surface area contributed by atoms with Crippen LogP contribution in [0.15, 0.2) is 83.8 Å². The third kappa shape index (κ3) is 6.34. The monoisotopic (exact) mass is 612 g/mol. The van der Waals surface area contributed by atoms with Gasteiger partial charge < -0.3 is 23.5 Å². The lowest BCUT2D eigenvalue weighted by atomic mass is 10.0. The molecular formula is C35H36N2O6S. The molecule has 0 amide bonds. The first-order valence-corrected chi connectivity index (χ1v) is 15.1. The summed E-state index contributed by atoms with van der Waals surface area (Å²) in [6.45, 7) is 3.34. The summed E-state index contributed by atoms with van der Waals surface area (Å²) in [7, 11) is 6.94. The van der Waals surface area contributed by atoms with Crippen molar-refractivity contribution in [1.29, 1.82) is 0 Å². The number of fused-ring (bicyclic) bond motifs is 1. The normalized spacial score (nSPS) is 11.1. The smallest absolute Gasteiger partial charge is 0.343 e. The molecular weight excluding hydrogens is 576 g/mol. The fraction of sp³-hybridized carbons (Fsp3) is 0.257. The molecule has 44 heavy (non-hydrogen) atoms. The summed E-state index contributed by atoms with van der Waals surface area (Å²) < 4.78 is 23.9. The minimum atomic E-state index is -0.640. The maximum absolute atomic E-state index is 14.2. The van der Waals surface area contributed by atoms with Gasteiger partial charge in [-0.15, -0.1) is 11.3 Å². The topological polar surface area (TPSA) is 79.2 Å². The highest BCUT2D eigenvalue weighted by Crippen LogP contribution is 2.39. The molecule has 5 rings (SSSR count). The Morgan fingerprint density at radius 3 is 2.11 bits per heavy atom. The van der Waals surface area contributed by atoms with E-state index in [9.17, 15) is 9.59 Å². The number of ether oxygens (including phenoxy) is 4. The van der Waals surface area contributed by atoms with E-state index >= 15 is 0 Å². The lowest BCUT2D eigenvalue weighted by Gasteiger charge is -2.19. The fourth-order valence-corrected chi connectivity index (χ4v) is 6.65. The minimum absolute atomic E-state index is 0.00182. The lowest BCUT2D eigenvalue weighted by molar-refractivity contribution is 0.0524. The Bertz CT molecular complexity index is 1830. The second-order valence-corrected chi connectivity index (χ2v) is 11.3. The van der Waals surface area contributed by atoms with Crippen molar-refractivity contribution < 1.29 is 23.7 Å². The molecule has 3 aromatic carbocycles. The SMILES string of the molecule is CCOC(=O)c1cn(Cc2ccccc2OC)c2sc(-c3ccc(OC)cc3)c(CN(C)Cc3ccccc3OC)c2c1=O. The molecule has 0 spiro atoms. The van der Waals surface area contributed by atoms with E-state index in [1.54, 1.807) is 34.4 Å². The Balaban J connectivity index is 1.72. The van der Waals surface area contributed by atoms with Crippen molar-refractivity contribution >= 4 is 27.5 Å². The van der Waals surface area contributed by atoms with Crippen molar-refractivity contribution in [3.8, 4) is 27.7 Å². The summed E-state index contributed by atoms with van der Waals surface area (Å²) >= 11 is 1.53. The predicted molar refractivity (Wildman–Crippen MR) is 174 cm³/mol. The number of methoxy groups -OCH3 is 3. The van der Waals surface area contributed by atoms with E-state index in [-0.39, 0.29) is 17.6 Å². The van der Waals surface area contributed by atoms with Crippen LogP contribution in [0.1, 0.15) is 34.0 Å². The Kier molecular flexibility index (Phi) is 9.67. The molecule has 2 heterocycles. The molecule has 0 radical (unpaired) electrons. The van der Waals surface area contributed by atoms with Crippen LogP contribution in [0.2, 0.25) is 0 Å². The number of para-hydroxylation sites is 2. The van der Waals surface area contributed by atoms with Crippen LogP contribution in [-0.4, -0.2) is 50.4 Å². The van der Waals surface area contributed by atoms with Gasteiger partial charge in [-0.25, -0.2) is 4.79 Å². The number of rotatable bonds is 12. The van der Waals surface area contributed by atoms with E-state index in [0.29, 0.717) is 25.0 Å². The zero-order valence-electron chi connectivity index (χ0n) is 25.6. The number of hydrogen-bond donors (Lipinski definition) is 0. The molecule has 2 aromatic heterocycles. The average molecular weight is 613 g/mol. The van der Waals surface area contributed by atoms with E-state index in [2.05, 4.69) is 4.90 Å². The molecule has 0 bridgehead atoms. The highest BCUT2D eigenvalue weighted by atomic mass is 32.1. The number of thiophene rings is 1. The van der Waals surface area contributed by atoms with E-state index in [1.165, 1.54) is 11.3 Å². The zero-order chi connectivity index (χ0) is 31.2. The number of benzene rings is 3. The summed E-state index contributed by atoms with van der Waals surface area (Å²) in [4.78, 5) is 31.2. The van der Waals surface area contributed by atoms with E-state index < -0.39 is 5.97 Å². The van der Waals surface area contributed by atoms with Crippen molar-refractivity contribution in [2.24, 2.45) is 0 Å². The molecule has 0 saturated carbocycles. The van der Waals surface area contributed by atoms with Gasteiger partial charge in [0.15, 0.2) is 0 Å². The Labute approximate surface area is 261 Å².